The van der Waals surface area contributed by atoms with Crippen molar-refractivity contribution in [1.29, 1.82) is 5.26 Å². The summed E-state index contributed by atoms with van der Waals surface area (Å²) in [5.41, 5.74) is 2.43. The van der Waals surface area contributed by atoms with E-state index in [1.807, 2.05) is 37.3 Å². The van der Waals surface area contributed by atoms with Crippen molar-refractivity contribution in [1.82, 2.24) is 19.0 Å². The fraction of sp³-hybridized carbons (Fsp3) is 0.286. The van der Waals surface area contributed by atoms with Crippen LogP contribution in [0.3, 0.4) is 0 Å². The topological polar surface area (TPSA) is 95.4 Å². The molecule has 0 atom stereocenters. The van der Waals surface area contributed by atoms with Gasteiger partial charge in [-0.25, -0.2) is 13.1 Å². The van der Waals surface area contributed by atoms with E-state index in [0.717, 1.165) is 11.1 Å². The molecule has 1 aliphatic rings. The number of rotatable bonds is 5. The zero-order chi connectivity index (χ0) is 22.0. The highest BCUT2D eigenvalue weighted by Crippen LogP contribution is 2.20. The Morgan fingerprint density at radius 2 is 1.71 bits per heavy atom. The highest BCUT2D eigenvalue weighted by atomic mass is 32.2. The Labute approximate surface area is 186 Å². The lowest BCUT2D eigenvalue weighted by Crippen LogP contribution is -2.48. The third-order valence-corrected chi connectivity index (χ3v) is 7.40. The first-order valence-electron chi connectivity index (χ1n) is 9.74. The minimum atomic E-state index is -3.59. The Morgan fingerprint density at radius 1 is 1.06 bits per heavy atom. The molecule has 160 valence electrons. The van der Waals surface area contributed by atoms with Crippen LogP contribution in [0.4, 0.5) is 0 Å². The van der Waals surface area contributed by atoms with Crippen LogP contribution in [0.2, 0.25) is 0 Å². The molecule has 0 bridgehead atoms. The number of nitrogens with zero attached hydrogens (tertiary/aromatic N) is 5. The van der Waals surface area contributed by atoms with E-state index in [1.165, 1.54) is 28.6 Å². The van der Waals surface area contributed by atoms with Gasteiger partial charge in [0, 0.05) is 31.7 Å². The molecule has 0 spiro atoms. The summed E-state index contributed by atoms with van der Waals surface area (Å²) in [6.07, 6.45) is 0. The lowest BCUT2D eigenvalue weighted by Gasteiger charge is -2.33. The molecule has 0 saturated carbocycles. The summed E-state index contributed by atoms with van der Waals surface area (Å²) in [6, 6.07) is 15.8. The third-order valence-electron chi connectivity index (χ3n) is 5.19. The Kier molecular flexibility index (Phi) is 6.02. The van der Waals surface area contributed by atoms with Crippen molar-refractivity contribution in [2.45, 2.75) is 18.5 Å². The molecule has 10 heteroatoms. The molecular formula is C21H21N5O3S2. The Bertz CT molecular complexity index is 1260. The van der Waals surface area contributed by atoms with Gasteiger partial charge < -0.3 is 4.42 Å². The van der Waals surface area contributed by atoms with E-state index >= 15 is 0 Å². The van der Waals surface area contributed by atoms with Gasteiger partial charge in [0.15, 0.2) is 0 Å². The molecule has 1 aromatic heterocycles. The van der Waals surface area contributed by atoms with Crippen LogP contribution in [-0.2, 0) is 16.7 Å². The smallest absolute Gasteiger partial charge is 0.288 e. The maximum absolute atomic E-state index is 12.9. The minimum Gasteiger partial charge on any atom is -0.409 e. The highest BCUT2D eigenvalue weighted by molar-refractivity contribution is 7.89. The quantitative estimate of drug-likeness (QED) is 0.546. The van der Waals surface area contributed by atoms with Crippen LogP contribution < -0.4 is 0 Å². The van der Waals surface area contributed by atoms with E-state index in [-0.39, 0.29) is 9.73 Å². The Hall–Kier alpha value is -2.84. The third kappa shape index (κ3) is 4.60. The maximum Gasteiger partial charge on any atom is 0.288 e. The predicted octanol–water partition coefficient (Wildman–Crippen LogP) is 3.02. The van der Waals surface area contributed by atoms with Crippen LogP contribution >= 0.6 is 12.2 Å². The number of nitriles is 1. The highest BCUT2D eigenvalue weighted by Gasteiger charge is 2.28. The van der Waals surface area contributed by atoms with Crippen LogP contribution in [0.1, 0.15) is 11.1 Å². The van der Waals surface area contributed by atoms with E-state index < -0.39 is 10.0 Å². The molecule has 3 aromatic rings. The summed E-state index contributed by atoms with van der Waals surface area (Å²) in [5, 5.41) is 13.4. The van der Waals surface area contributed by atoms with Crippen molar-refractivity contribution in [3.63, 3.8) is 0 Å². The van der Waals surface area contributed by atoms with Crippen LogP contribution in [-0.4, -0.2) is 53.6 Å². The van der Waals surface area contributed by atoms with Crippen LogP contribution in [0, 0.1) is 23.1 Å². The molecule has 0 radical (unpaired) electrons. The molecule has 4 rings (SSSR count). The van der Waals surface area contributed by atoms with Crippen LogP contribution in [0.15, 0.2) is 57.8 Å². The van der Waals surface area contributed by atoms with Crippen molar-refractivity contribution in [2.24, 2.45) is 0 Å². The normalized spacial score (nSPS) is 15.6. The van der Waals surface area contributed by atoms with Gasteiger partial charge in [0.1, 0.15) is 0 Å². The summed E-state index contributed by atoms with van der Waals surface area (Å²) in [7, 11) is -3.59. The second-order valence-corrected chi connectivity index (χ2v) is 9.63. The van der Waals surface area contributed by atoms with Gasteiger partial charge in [-0.3, -0.25) is 4.90 Å². The largest absolute Gasteiger partial charge is 0.409 e. The monoisotopic (exact) mass is 455 g/mol. The molecule has 31 heavy (non-hydrogen) atoms. The molecule has 2 heterocycles. The average Bonchev–Trinajstić information content (AvgIpc) is 3.14. The molecule has 0 amide bonds. The molecule has 1 fully saturated rings. The SMILES string of the molecule is Cc1ccc(-c2nn(CN3CCN(S(=O)(=O)c4ccc(C#N)cc4)CC3)c(=S)o2)cc1. The first-order valence-corrected chi connectivity index (χ1v) is 11.6. The number of hydrogen-bond acceptors (Lipinski definition) is 7. The van der Waals surface area contributed by atoms with Gasteiger partial charge in [-0.1, -0.05) is 17.7 Å². The van der Waals surface area contributed by atoms with Crippen LogP contribution in [0.5, 0.6) is 0 Å². The summed E-state index contributed by atoms with van der Waals surface area (Å²) in [6.45, 7) is 4.25. The summed E-state index contributed by atoms with van der Waals surface area (Å²) < 4.78 is 34.5. The van der Waals surface area contributed by atoms with E-state index in [9.17, 15) is 8.42 Å². The van der Waals surface area contributed by atoms with Gasteiger partial charge >= 0.3 is 0 Å². The molecule has 0 aliphatic carbocycles. The summed E-state index contributed by atoms with van der Waals surface area (Å²) in [5.74, 6) is 0.465. The second kappa shape index (κ2) is 8.72. The number of sulfonamides is 1. The number of benzene rings is 2. The number of hydrogen-bond donors (Lipinski definition) is 0. The van der Waals surface area contributed by atoms with Crippen molar-refractivity contribution >= 4 is 22.2 Å². The fourth-order valence-electron chi connectivity index (χ4n) is 3.36. The molecule has 1 aliphatic heterocycles. The van der Waals surface area contributed by atoms with Gasteiger partial charge in [-0.05, 0) is 55.5 Å². The van der Waals surface area contributed by atoms with Gasteiger partial charge in [-0.2, -0.15) is 9.57 Å². The van der Waals surface area contributed by atoms with E-state index in [2.05, 4.69) is 10.00 Å². The first kappa shape index (κ1) is 21.4. The van der Waals surface area contributed by atoms with Gasteiger partial charge in [0.25, 0.3) is 4.84 Å². The standard InChI is InChI=1S/C21H21N5O3S2/c1-16-2-6-18(7-3-16)20-23-26(21(30)29-20)15-24-10-12-25(13-11-24)31(27,28)19-8-4-17(14-22)5-9-19/h2-9H,10-13,15H2,1H3. The zero-order valence-corrected chi connectivity index (χ0v) is 18.6. The Morgan fingerprint density at radius 3 is 2.32 bits per heavy atom. The lowest BCUT2D eigenvalue weighted by atomic mass is 10.1. The lowest BCUT2D eigenvalue weighted by molar-refractivity contribution is 0.143. The zero-order valence-electron chi connectivity index (χ0n) is 16.9. The average molecular weight is 456 g/mol. The number of piperazine rings is 1. The van der Waals surface area contributed by atoms with E-state index in [0.29, 0.717) is 44.3 Å². The van der Waals surface area contributed by atoms with E-state index in [1.54, 1.807) is 4.68 Å². The summed E-state index contributed by atoms with van der Waals surface area (Å²) >= 11 is 5.31. The fourth-order valence-corrected chi connectivity index (χ4v) is 4.96. The maximum atomic E-state index is 12.9. The molecule has 2 aromatic carbocycles. The van der Waals surface area contributed by atoms with Crippen molar-refractivity contribution < 1.29 is 12.8 Å². The summed E-state index contributed by atoms with van der Waals surface area (Å²) in [4.78, 5) is 2.56. The Balaban J connectivity index is 1.41. The second-order valence-electron chi connectivity index (χ2n) is 7.34. The van der Waals surface area contributed by atoms with Crippen molar-refractivity contribution in [3.8, 4) is 17.5 Å². The molecule has 8 nitrogen and oxygen atoms in total. The minimum absolute atomic E-state index is 0.196. The molecule has 0 unspecified atom stereocenters. The van der Waals surface area contributed by atoms with Crippen LogP contribution in [0.25, 0.3) is 11.5 Å². The van der Waals surface area contributed by atoms with Gasteiger partial charge in [0.2, 0.25) is 15.9 Å². The van der Waals surface area contributed by atoms with Gasteiger partial charge in [0.05, 0.1) is 23.2 Å². The number of aryl methyl sites for hydroxylation is 1. The van der Waals surface area contributed by atoms with Gasteiger partial charge in [-0.15, -0.1) is 5.10 Å². The number of aromatic nitrogens is 2. The first-order chi connectivity index (χ1) is 14.9. The molecular weight excluding hydrogens is 434 g/mol. The van der Waals surface area contributed by atoms with Crippen molar-refractivity contribution in [3.05, 3.63) is 64.5 Å². The molecule has 0 N–H and O–H groups in total. The molecule has 1 saturated heterocycles. The van der Waals surface area contributed by atoms with E-state index in [4.69, 9.17) is 21.9 Å². The van der Waals surface area contributed by atoms with Crippen molar-refractivity contribution in [2.75, 3.05) is 26.2 Å². The predicted molar refractivity (Wildman–Crippen MR) is 117 cm³/mol.